The zero-order chi connectivity index (χ0) is 18.8. The number of thiophene rings is 1. The van der Waals surface area contributed by atoms with Crippen LogP contribution in [-0.4, -0.2) is 29.1 Å². The third-order valence-corrected chi connectivity index (χ3v) is 5.27. The van der Waals surface area contributed by atoms with Gasteiger partial charge in [-0.3, -0.25) is 4.68 Å². The van der Waals surface area contributed by atoms with E-state index in [9.17, 15) is 4.79 Å². The average molecular weight is 384 g/mol. The van der Waals surface area contributed by atoms with E-state index in [0.29, 0.717) is 23.7 Å². The van der Waals surface area contributed by atoms with Gasteiger partial charge in [0.2, 0.25) is 6.79 Å². The summed E-state index contributed by atoms with van der Waals surface area (Å²) in [4.78, 5) is 13.5. The van der Waals surface area contributed by atoms with Crippen LogP contribution in [0.1, 0.15) is 22.3 Å². The van der Waals surface area contributed by atoms with Crippen LogP contribution in [-0.2, 0) is 0 Å². The van der Waals surface area contributed by atoms with Crippen molar-refractivity contribution < 1.29 is 14.3 Å². The quantitative estimate of drug-likeness (QED) is 0.703. The summed E-state index contributed by atoms with van der Waals surface area (Å²) in [5.41, 5.74) is 2.67. The fraction of sp³-hybridized carbons (Fsp3) is 0.263. The van der Waals surface area contributed by atoms with E-state index in [-0.39, 0.29) is 18.9 Å². The van der Waals surface area contributed by atoms with Crippen LogP contribution in [0.2, 0.25) is 0 Å². The van der Waals surface area contributed by atoms with Gasteiger partial charge >= 0.3 is 6.03 Å². The Bertz CT molecular complexity index is 952. The minimum absolute atomic E-state index is 0.0544. The number of rotatable bonds is 5. The van der Waals surface area contributed by atoms with E-state index in [0.717, 1.165) is 16.3 Å². The molecule has 27 heavy (non-hydrogen) atoms. The van der Waals surface area contributed by atoms with Crippen LogP contribution < -0.4 is 20.1 Å². The highest BCUT2D eigenvalue weighted by molar-refractivity contribution is 7.10. The topological polar surface area (TPSA) is 77.4 Å². The van der Waals surface area contributed by atoms with Gasteiger partial charge in [-0.2, -0.15) is 5.10 Å². The second-order valence-electron chi connectivity index (χ2n) is 6.31. The standard InChI is InChI=1S/C19H20N4O3S/c1-12-8-13(2)23(22-12)15(18-4-3-7-27-18)10-20-19(24)21-14-5-6-16-17(9-14)26-11-25-16/h3-9,15H,10-11H2,1-2H3,(H2,20,21,24). The van der Waals surface area contributed by atoms with Crippen molar-refractivity contribution in [3.63, 3.8) is 0 Å². The molecule has 4 rings (SSSR count). The van der Waals surface area contributed by atoms with Crippen LogP contribution >= 0.6 is 11.3 Å². The highest BCUT2D eigenvalue weighted by atomic mass is 32.1. The summed E-state index contributed by atoms with van der Waals surface area (Å²) in [6, 6.07) is 11.1. The minimum Gasteiger partial charge on any atom is -0.454 e. The first-order valence-electron chi connectivity index (χ1n) is 8.61. The molecule has 1 aliphatic rings. The molecule has 7 nitrogen and oxygen atoms in total. The Kier molecular flexibility index (Phi) is 4.72. The predicted molar refractivity (Wildman–Crippen MR) is 104 cm³/mol. The maximum absolute atomic E-state index is 12.4. The molecule has 1 aromatic carbocycles. The predicted octanol–water partition coefficient (Wildman–Crippen LogP) is 3.70. The molecule has 0 aliphatic carbocycles. The summed E-state index contributed by atoms with van der Waals surface area (Å²) < 4.78 is 12.6. The molecule has 1 unspecified atom stereocenters. The number of fused-ring (bicyclic) bond motifs is 1. The Hall–Kier alpha value is -3.00. The first kappa shape index (κ1) is 17.4. The normalized spacial score (nSPS) is 13.4. The Labute approximate surface area is 160 Å². The number of urea groups is 1. The monoisotopic (exact) mass is 384 g/mol. The number of benzene rings is 1. The SMILES string of the molecule is Cc1cc(C)n(C(CNC(=O)Nc2ccc3c(c2)OCO3)c2cccs2)n1. The van der Waals surface area contributed by atoms with Gasteiger partial charge in [0.25, 0.3) is 0 Å². The summed E-state index contributed by atoms with van der Waals surface area (Å²) in [6.45, 7) is 4.62. The molecule has 3 aromatic rings. The van der Waals surface area contributed by atoms with Crippen LogP contribution in [0.5, 0.6) is 11.5 Å². The maximum atomic E-state index is 12.4. The van der Waals surface area contributed by atoms with Gasteiger partial charge in [0.1, 0.15) is 6.04 Å². The van der Waals surface area contributed by atoms with Crippen LogP contribution in [0, 0.1) is 13.8 Å². The lowest BCUT2D eigenvalue weighted by atomic mass is 10.2. The van der Waals surface area contributed by atoms with Gasteiger partial charge in [-0.1, -0.05) is 6.07 Å². The van der Waals surface area contributed by atoms with E-state index < -0.39 is 0 Å². The second-order valence-corrected chi connectivity index (χ2v) is 7.29. The number of ether oxygens (including phenoxy) is 2. The number of nitrogens with one attached hydrogen (secondary N) is 2. The van der Waals surface area contributed by atoms with Crippen LogP contribution in [0.4, 0.5) is 10.5 Å². The highest BCUT2D eigenvalue weighted by Gasteiger charge is 2.19. The van der Waals surface area contributed by atoms with E-state index in [1.165, 1.54) is 0 Å². The molecule has 8 heteroatoms. The number of carbonyl (C=O) groups excluding carboxylic acids is 1. The Balaban J connectivity index is 1.44. The molecule has 140 valence electrons. The molecular formula is C19H20N4O3S. The molecule has 0 spiro atoms. The Morgan fingerprint density at radius 1 is 1.26 bits per heavy atom. The molecule has 3 heterocycles. The number of hydrogen-bond donors (Lipinski definition) is 2. The lowest BCUT2D eigenvalue weighted by molar-refractivity contribution is 0.174. The van der Waals surface area contributed by atoms with E-state index in [2.05, 4.69) is 21.8 Å². The van der Waals surface area contributed by atoms with Gasteiger partial charge in [0.15, 0.2) is 11.5 Å². The van der Waals surface area contributed by atoms with Crippen LogP contribution in [0.25, 0.3) is 0 Å². The summed E-state index contributed by atoms with van der Waals surface area (Å²) >= 11 is 1.65. The third kappa shape index (κ3) is 3.75. The van der Waals surface area contributed by atoms with Gasteiger partial charge < -0.3 is 20.1 Å². The zero-order valence-electron chi connectivity index (χ0n) is 15.1. The number of anilines is 1. The van der Waals surface area contributed by atoms with Crippen molar-refractivity contribution in [3.05, 3.63) is 58.0 Å². The molecule has 0 radical (unpaired) electrons. The molecule has 1 atom stereocenters. The highest BCUT2D eigenvalue weighted by Crippen LogP contribution is 2.34. The molecule has 2 N–H and O–H groups in total. The van der Waals surface area contributed by atoms with Crippen molar-refractivity contribution in [1.29, 1.82) is 0 Å². The Morgan fingerprint density at radius 3 is 2.85 bits per heavy atom. The molecule has 0 fully saturated rings. The van der Waals surface area contributed by atoms with Gasteiger partial charge in [-0.15, -0.1) is 11.3 Å². The molecule has 0 saturated heterocycles. The van der Waals surface area contributed by atoms with Gasteiger partial charge in [-0.25, -0.2) is 4.79 Å². The number of carbonyl (C=O) groups is 1. The smallest absolute Gasteiger partial charge is 0.319 e. The van der Waals surface area contributed by atoms with Crippen molar-refractivity contribution in [3.8, 4) is 11.5 Å². The van der Waals surface area contributed by atoms with Crippen molar-refractivity contribution in [2.24, 2.45) is 0 Å². The van der Waals surface area contributed by atoms with E-state index in [1.807, 2.05) is 36.0 Å². The lowest BCUT2D eigenvalue weighted by Gasteiger charge is -2.19. The third-order valence-electron chi connectivity index (χ3n) is 4.30. The molecule has 0 saturated carbocycles. The zero-order valence-corrected chi connectivity index (χ0v) is 15.9. The number of aromatic nitrogens is 2. The van der Waals surface area contributed by atoms with Crippen LogP contribution in [0.3, 0.4) is 0 Å². The molecular weight excluding hydrogens is 364 g/mol. The van der Waals surface area contributed by atoms with Crippen molar-refractivity contribution in [1.82, 2.24) is 15.1 Å². The summed E-state index contributed by atoms with van der Waals surface area (Å²) in [7, 11) is 0. The fourth-order valence-electron chi connectivity index (χ4n) is 3.09. The minimum atomic E-state index is -0.281. The first-order valence-corrected chi connectivity index (χ1v) is 9.49. The molecule has 0 bridgehead atoms. The van der Waals surface area contributed by atoms with E-state index in [4.69, 9.17) is 9.47 Å². The van der Waals surface area contributed by atoms with Gasteiger partial charge in [0, 0.05) is 28.9 Å². The van der Waals surface area contributed by atoms with Crippen molar-refractivity contribution in [2.45, 2.75) is 19.9 Å². The molecule has 2 amide bonds. The molecule has 2 aromatic heterocycles. The van der Waals surface area contributed by atoms with Crippen molar-refractivity contribution in [2.75, 3.05) is 18.7 Å². The van der Waals surface area contributed by atoms with Gasteiger partial charge in [0.05, 0.1) is 5.69 Å². The maximum Gasteiger partial charge on any atom is 0.319 e. The average Bonchev–Trinajstić information content (AvgIpc) is 3.37. The van der Waals surface area contributed by atoms with E-state index in [1.54, 1.807) is 29.5 Å². The number of hydrogen-bond acceptors (Lipinski definition) is 5. The Morgan fingerprint density at radius 2 is 2.11 bits per heavy atom. The van der Waals surface area contributed by atoms with Gasteiger partial charge in [-0.05, 0) is 43.5 Å². The fourth-order valence-corrected chi connectivity index (χ4v) is 3.90. The second kappa shape index (κ2) is 7.32. The molecule has 1 aliphatic heterocycles. The van der Waals surface area contributed by atoms with Crippen LogP contribution in [0.15, 0.2) is 41.8 Å². The number of amides is 2. The lowest BCUT2D eigenvalue weighted by Crippen LogP contribution is -2.34. The summed E-state index contributed by atoms with van der Waals surface area (Å²) in [5, 5.41) is 12.4. The number of nitrogens with zero attached hydrogens (tertiary/aromatic N) is 2. The summed E-state index contributed by atoms with van der Waals surface area (Å²) in [6.07, 6.45) is 0. The van der Waals surface area contributed by atoms with E-state index >= 15 is 0 Å². The summed E-state index contributed by atoms with van der Waals surface area (Å²) in [5.74, 6) is 1.31. The first-order chi connectivity index (χ1) is 13.1. The van der Waals surface area contributed by atoms with Crippen molar-refractivity contribution >= 4 is 23.1 Å². The largest absolute Gasteiger partial charge is 0.454 e. The number of aryl methyl sites for hydroxylation is 2.